The van der Waals surface area contributed by atoms with Gasteiger partial charge in [0.25, 0.3) is 0 Å². The molecule has 2 aromatic rings. The number of benzene rings is 2. The second-order valence-electron chi connectivity index (χ2n) is 4.64. The zero-order valence-corrected chi connectivity index (χ0v) is 10.9. The summed E-state index contributed by atoms with van der Waals surface area (Å²) in [4.78, 5) is 0.364. The largest absolute Gasteiger partial charge is 0.241 e. The van der Waals surface area contributed by atoms with Gasteiger partial charge in [0.15, 0.2) is 0 Å². The van der Waals surface area contributed by atoms with E-state index in [9.17, 15) is 8.42 Å². The predicted octanol–water partition coefficient (Wildman–Crippen LogP) is 2.75. The molecule has 0 aromatic heterocycles. The zero-order chi connectivity index (χ0) is 12.8. The van der Waals surface area contributed by atoms with Gasteiger partial charge in [-0.3, -0.25) is 0 Å². The molecule has 93 valence electrons. The van der Waals surface area contributed by atoms with Crippen molar-refractivity contribution in [2.75, 3.05) is 0 Å². The van der Waals surface area contributed by atoms with E-state index in [0.29, 0.717) is 4.90 Å². The third-order valence-corrected chi connectivity index (χ3v) is 4.66. The Kier molecular flexibility index (Phi) is 2.64. The molecule has 1 saturated carbocycles. The van der Waals surface area contributed by atoms with E-state index in [0.717, 1.165) is 35.2 Å². The summed E-state index contributed by atoms with van der Waals surface area (Å²) >= 11 is 0. The Hall–Kier alpha value is -1.39. The van der Waals surface area contributed by atoms with E-state index in [1.165, 1.54) is 0 Å². The molecule has 0 heterocycles. The summed E-state index contributed by atoms with van der Waals surface area (Å²) in [7, 11) is -3.43. The standard InChI is InChI=1S/C14H14NO2S/c1-10-6-9-14(13-5-3-2-4-12(10)13)18(16,17)15-11-7-8-11/h2-6,9,15H,7-8H2,1H3. The molecule has 0 bridgehead atoms. The summed E-state index contributed by atoms with van der Waals surface area (Å²) < 4.78 is 27.2. The first-order valence-electron chi connectivity index (χ1n) is 5.94. The molecule has 4 heteroatoms. The Morgan fingerprint density at radius 2 is 1.67 bits per heavy atom. The third-order valence-electron chi connectivity index (χ3n) is 3.17. The lowest BCUT2D eigenvalue weighted by Gasteiger charge is -2.10. The fraction of sp³-hybridized carbons (Fsp3) is 0.214. The van der Waals surface area contributed by atoms with Crippen molar-refractivity contribution < 1.29 is 8.42 Å². The van der Waals surface area contributed by atoms with Gasteiger partial charge in [0, 0.05) is 5.39 Å². The van der Waals surface area contributed by atoms with Crippen molar-refractivity contribution >= 4 is 20.8 Å². The van der Waals surface area contributed by atoms with Gasteiger partial charge in [0.05, 0.1) is 10.9 Å². The van der Waals surface area contributed by atoms with E-state index >= 15 is 0 Å². The van der Waals surface area contributed by atoms with Crippen LogP contribution in [0.4, 0.5) is 0 Å². The van der Waals surface area contributed by atoms with Crippen LogP contribution in [0.15, 0.2) is 41.3 Å². The highest BCUT2D eigenvalue weighted by Crippen LogP contribution is 2.32. The molecule has 1 fully saturated rings. The fourth-order valence-electron chi connectivity index (χ4n) is 2.07. The van der Waals surface area contributed by atoms with Gasteiger partial charge in [-0.15, -0.1) is 0 Å². The van der Waals surface area contributed by atoms with Crippen molar-refractivity contribution in [1.29, 1.82) is 0 Å². The van der Waals surface area contributed by atoms with Gasteiger partial charge in [-0.25, -0.2) is 13.1 Å². The molecule has 2 aromatic carbocycles. The van der Waals surface area contributed by atoms with Gasteiger partial charge < -0.3 is 0 Å². The van der Waals surface area contributed by atoms with Crippen LogP contribution in [0.5, 0.6) is 0 Å². The highest BCUT2D eigenvalue weighted by molar-refractivity contribution is 7.89. The molecular weight excluding hydrogens is 246 g/mol. The smallest absolute Gasteiger partial charge is 0.207 e. The van der Waals surface area contributed by atoms with E-state index in [1.807, 2.05) is 37.3 Å². The van der Waals surface area contributed by atoms with Crippen LogP contribution in [0.25, 0.3) is 10.8 Å². The fourth-order valence-corrected chi connectivity index (χ4v) is 3.47. The van der Waals surface area contributed by atoms with E-state index in [1.54, 1.807) is 6.07 Å². The van der Waals surface area contributed by atoms with Crippen LogP contribution in [0.3, 0.4) is 0 Å². The van der Waals surface area contributed by atoms with E-state index in [2.05, 4.69) is 4.72 Å². The van der Waals surface area contributed by atoms with Crippen LogP contribution in [0.1, 0.15) is 18.4 Å². The number of fused-ring (bicyclic) bond motifs is 1. The monoisotopic (exact) mass is 260 g/mol. The van der Waals surface area contributed by atoms with Gasteiger partial charge in [-0.2, -0.15) is 0 Å². The summed E-state index contributed by atoms with van der Waals surface area (Å²) in [6, 6.07) is 12.0. The minimum Gasteiger partial charge on any atom is -0.207 e. The first-order valence-corrected chi connectivity index (χ1v) is 7.42. The minimum absolute atomic E-state index is 0.364. The molecule has 0 aliphatic heterocycles. The molecule has 3 rings (SSSR count). The second-order valence-corrected chi connectivity index (χ2v) is 6.29. The number of sulfonamides is 1. The summed E-state index contributed by atoms with van der Waals surface area (Å²) in [6.45, 7) is 1.99. The van der Waals surface area contributed by atoms with E-state index in [4.69, 9.17) is 0 Å². The quantitative estimate of drug-likeness (QED) is 0.922. The van der Waals surface area contributed by atoms with Crippen molar-refractivity contribution in [3.8, 4) is 0 Å². The molecule has 0 spiro atoms. The Balaban J connectivity index is 2.20. The van der Waals surface area contributed by atoms with Crippen LogP contribution in [-0.4, -0.2) is 8.42 Å². The first-order chi connectivity index (χ1) is 8.58. The van der Waals surface area contributed by atoms with Crippen LogP contribution >= 0.6 is 0 Å². The minimum atomic E-state index is -3.43. The van der Waals surface area contributed by atoms with Gasteiger partial charge in [0.2, 0.25) is 10.0 Å². The Bertz CT molecular complexity index is 703. The third kappa shape index (κ3) is 2.02. The average Bonchev–Trinajstić information content (AvgIpc) is 3.12. The molecule has 1 radical (unpaired) electrons. The zero-order valence-electron chi connectivity index (χ0n) is 10.1. The average molecular weight is 260 g/mol. The summed E-state index contributed by atoms with van der Waals surface area (Å²) in [5.41, 5.74) is 1.09. The molecule has 1 N–H and O–H groups in total. The van der Waals surface area contributed by atoms with Crippen LogP contribution in [0.2, 0.25) is 0 Å². The first kappa shape index (κ1) is 11.7. The summed E-state index contributed by atoms with van der Waals surface area (Å²) in [6.07, 6.45) is 1.73. The molecule has 0 saturated heterocycles. The molecule has 18 heavy (non-hydrogen) atoms. The normalized spacial score (nSPS) is 16.1. The molecular formula is C14H14NO2S. The van der Waals surface area contributed by atoms with Crippen LogP contribution < -0.4 is 4.72 Å². The molecule has 1 aliphatic rings. The van der Waals surface area contributed by atoms with Gasteiger partial charge in [0.1, 0.15) is 0 Å². The van der Waals surface area contributed by atoms with Crippen molar-refractivity contribution in [2.45, 2.75) is 24.7 Å². The molecule has 1 aliphatic carbocycles. The Morgan fingerprint density at radius 1 is 1.00 bits per heavy atom. The number of rotatable bonds is 3. The maximum absolute atomic E-state index is 12.3. The van der Waals surface area contributed by atoms with Crippen molar-refractivity contribution in [1.82, 2.24) is 4.72 Å². The van der Waals surface area contributed by atoms with Gasteiger partial charge >= 0.3 is 0 Å². The van der Waals surface area contributed by atoms with Crippen molar-refractivity contribution in [2.24, 2.45) is 0 Å². The second kappa shape index (κ2) is 4.07. The van der Waals surface area contributed by atoms with Gasteiger partial charge in [-0.05, 0) is 36.8 Å². The number of hydrogen-bond acceptors (Lipinski definition) is 2. The highest BCUT2D eigenvalue weighted by Gasteiger charge is 2.29. The molecule has 0 amide bonds. The van der Waals surface area contributed by atoms with Crippen LogP contribution in [-0.2, 0) is 10.0 Å². The summed E-state index contributed by atoms with van der Waals surface area (Å²) in [5.74, 6) is 0. The molecule has 0 unspecified atom stereocenters. The van der Waals surface area contributed by atoms with Crippen molar-refractivity contribution in [3.05, 3.63) is 48.0 Å². The van der Waals surface area contributed by atoms with E-state index in [-0.39, 0.29) is 0 Å². The Morgan fingerprint density at radius 3 is 2.33 bits per heavy atom. The molecule has 3 nitrogen and oxygen atoms in total. The maximum atomic E-state index is 12.3. The van der Waals surface area contributed by atoms with E-state index < -0.39 is 10.0 Å². The lowest BCUT2D eigenvalue weighted by atomic mass is 10.1. The Labute approximate surface area is 107 Å². The SMILES string of the molecule is Cc1ccc(S(=O)(=O)N[C]2CC2)c2ccccc12. The number of hydrogen-bond donors (Lipinski definition) is 1. The number of nitrogens with one attached hydrogen (secondary N) is 1. The van der Waals surface area contributed by atoms with Crippen LogP contribution in [0, 0.1) is 13.0 Å². The predicted molar refractivity (Wildman–Crippen MR) is 71.5 cm³/mol. The lowest BCUT2D eigenvalue weighted by Crippen LogP contribution is -2.21. The molecule has 0 atom stereocenters. The number of aryl methyl sites for hydroxylation is 1. The topological polar surface area (TPSA) is 46.2 Å². The highest BCUT2D eigenvalue weighted by atomic mass is 32.2. The maximum Gasteiger partial charge on any atom is 0.241 e. The van der Waals surface area contributed by atoms with Crippen molar-refractivity contribution in [3.63, 3.8) is 0 Å². The lowest BCUT2D eigenvalue weighted by molar-refractivity contribution is 0.588. The summed E-state index contributed by atoms with van der Waals surface area (Å²) in [5, 5.41) is 1.77. The van der Waals surface area contributed by atoms with Gasteiger partial charge in [-0.1, -0.05) is 30.3 Å².